The summed E-state index contributed by atoms with van der Waals surface area (Å²) in [6.07, 6.45) is 0. The Balaban J connectivity index is 1.69. The zero-order valence-corrected chi connectivity index (χ0v) is 18.3. The fraction of sp³-hybridized carbons (Fsp3) is 0.263. The smallest absolute Gasteiger partial charge is 0.338 e. The second-order valence-corrected chi connectivity index (χ2v) is 9.14. The van der Waals surface area contributed by atoms with Gasteiger partial charge in [0.1, 0.15) is 17.3 Å². The zero-order valence-electron chi connectivity index (χ0n) is 15.9. The molecule has 2 aromatic carbocycles. The highest BCUT2D eigenvalue weighted by molar-refractivity contribution is 9.10. The third-order valence-electron chi connectivity index (χ3n) is 4.32. The number of benzene rings is 2. The summed E-state index contributed by atoms with van der Waals surface area (Å²) in [6, 6.07) is 6.88. The van der Waals surface area contributed by atoms with Crippen LogP contribution in [-0.4, -0.2) is 57.5 Å². The van der Waals surface area contributed by atoms with Crippen molar-refractivity contribution in [3.63, 3.8) is 0 Å². The number of hydrogen-bond acceptors (Lipinski definition) is 6. The average Bonchev–Trinajstić information content (AvgIpc) is 2.75. The summed E-state index contributed by atoms with van der Waals surface area (Å²) in [5.74, 6) is -3.90. The third-order valence-corrected chi connectivity index (χ3v) is 7.21. The van der Waals surface area contributed by atoms with Crippen molar-refractivity contribution in [1.82, 2.24) is 4.31 Å². The minimum atomic E-state index is -3.89. The lowest BCUT2D eigenvalue weighted by atomic mass is 10.2. The number of morpholine rings is 1. The van der Waals surface area contributed by atoms with Gasteiger partial charge in [0.05, 0.1) is 23.7 Å². The van der Waals surface area contributed by atoms with Crippen LogP contribution >= 0.6 is 15.9 Å². The van der Waals surface area contributed by atoms with Gasteiger partial charge in [-0.15, -0.1) is 0 Å². The van der Waals surface area contributed by atoms with Crippen molar-refractivity contribution in [1.29, 1.82) is 0 Å². The number of rotatable bonds is 6. The van der Waals surface area contributed by atoms with E-state index in [1.165, 1.54) is 16.4 Å². The van der Waals surface area contributed by atoms with Crippen LogP contribution in [0.3, 0.4) is 0 Å². The normalized spacial score (nSPS) is 14.8. The summed E-state index contributed by atoms with van der Waals surface area (Å²) >= 11 is 3.17. The molecule has 0 radical (unpaired) electrons. The highest BCUT2D eigenvalue weighted by Crippen LogP contribution is 2.27. The van der Waals surface area contributed by atoms with E-state index in [1.54, 1.807) is 0 Å². The molecule has 0 aromatic heterocycles. The quantitative estimate of drug-likeness (QED) is 0.589. The van der Waals surface area contributed by atoms with E-state index in [-0.39, 0.29) is 41.2 Å². The van der Waals surface area contributed by atoms with E-state index in [1.807, 2.05) is 5.32 Å². The first kappa shape index (κ1) is 23.3. The average molecular weight is 519 g/mol. The molecule has 1 saturated heterocycles. The van der Waals surface area contributed by atoms with Gasteiger partial charge in [-0.25, -0.2) is 22.0 Å². The number of nitrogens with zero attached hydrogens (tertiary/aromatic N) is 1. The van der Waals surface area contributed by atoms with Crippen LogP contribution in [0.2, 0.25) is 0 Å². The van der Waals surface area contributed by atoms with Crippen molar-refractivity contribution in [2.45, 2.75) is 4.90 Å². The Morgan fingerprint density at radius 2 is 1.77 bits per heavy atom. The molecule has 3 rings (SSSR count). The topological polar surface area (TPSA) is 102 Å². The van der Waals surface area contributed by atoms with Crippen LogP contribution in [0, 0.1) is 11.6 Å². The van der Waals surface area contributed by atoms with Crippen molar-refractivity contribution >= 4 is 43.5 Å². The zero-order chi connectivity index (χ0) is 22.6. The Kier molecular flexibility index (Phi) is 7.36. The van der Waals surface area contributed by atoms with Gasteiger partial charge in [-0.1, -0.05) is 6.07 Å². The molecule has 0 atom stereocenters. The molecule has 2 aromatic rings. The monoisotopic (exact) mass is 518 g/mol. The number of ether oxygens (including phenoxy) is 2. The van der Waals surface area contributed by atoms with Gasteiger partial charge in [0, 0.05) is 17.6 Å². The number of anilines is 1. The molecule has 166 valence electrons. The van der Waals surface area contributed by atoms with Crippen molar-refractivity contribution in [2.75, 3.05) is 38.2 Å². The molecule has 1 amide bonds. The predicted octanol–water partition coefficient (Wildman–Crippen LogP) is 2.54. The number of sulfonamides is 1. The van der Waals surface area contributed by atoms with Crippen LogP contribution in [-0.2, 0) is 24.3 Å². The van der Waals surface area contributed by atoms with E-state index in [2.05, 4.69) is 15.9 Å². The molecule has 1 fully saturated rings. The van der Waals surface area contributed by atoms with E-state index in [9.17, 15) is 26.8 Å². The van der Waals surface area contributed by atoms with Gasteiger partial charge in [0.2, 0.25) is 10.0 Å². The lowest BCUT2D eigenvalue weighted by Crippen LogP contribution is -2.40. The van der Waals surface area contributed by atoms with Crippen molar-refractivity contribution in [3.05, 3.63) is 58.1 Å². The molecule has 31 heavy (non-hydrogen) atoms. The Bertz CT molecular complexity index is 1090. The number of esters is 1. The molecule has 1 N–H and O–H groups in total. The highest BCUT2D eigenvalue weighted by atomic mass is 79.9. The Morgan fingerprint density at radius 3 is 2.42 bits per heavy atom. The maximum Gasteiger partial charge on any atom is 0.338 e. The van der Waals surface area contributed by atoms with Gasteiger partial charge < -0.3 is 14.8 Å². The summed E-state index contributed by atoms with van der Waals surface area (Å²) in [7, 11) is -3.89. The van der Waals surface area contributed by atoms with Gasteiger partial charge in [-0.05, 0) is 46.3 Å². The van der Waals surface area contributed by atoms with E-state index in [0.29, 0.717) is 0 Å². The van der Waals surface area contributed by atoms with Crippen LogP contribution in [0.15, 0.2) is 45.8 Å². The van der Waals surface area contributed by atoms with Crippen LogP contribution in [0.4, 0.5) is 14.5 Å². The number of nitrogens with one attached hydrogen (secondary N) is 1. The summed E-state index contributed by atoms with van der Waals surface area (Å²) in [4.78, 5) is 24.1. The standard InChI is InChI=1S/C19H17BrF2N2O6S/c20-13-5-4-12(10-16(13)31(27,28)24-6-8-29-9-7-24)19(26)30-11-17(25)23-18-14(21)2-1-3-15(18)22/h1-5,10H,6-9,11H2,(H,23,25). The highest BCUT2D eigenvalue weighted by Gasteiger charge is 2.29. The fourth-order valence-corrected chi connectivity index (χ4v) is 5.12. The maximum atomic E-state index is 13.6. The van der Waals surface area contributed by atoms with Crippen molar-refractivity contribution in [3.8, 4) is 0 Å². The third kappa shape index (κ3) is 5.45. The van der Waals surface area contributed by atoms with E-state index in [4.69, 9.17) is 9.47 Å². The van der Waals surface area contributed by atoms with Gasteiger partial charge in [-0.3, -0.25) is 4.79 Å². The Labute approximate surface area is 185 Å². The minimum Gasteiger partial charge on any atom is -0.452 e. The molecule has 12 heteroatoms. The van der Waals surface area contributed by atoms with Gasteiger partial charge >= 0.3 is 5.97 Å². The summed E-state index contributed by atoms with van der Waals surface area (Å²) in [5.41, 5.74) is -0.772. The Hall–Kier alpha value is -2.41. The molecule has 0 spiro atoms. The summed E-state index contributed by atoms with van der Waals surface area (Å²) in [5, 5.41) is 1.99. The molecule has 8 nitrogen and oxygen atoms in total. The number of halogens is 3. The second kappa shape index (κ2) is 9.81. The van der Waals surface area contributed by atoms with E-state index < -0.39 is 45.8 Å². The number of carbonyl (C=O) groups is 2. The molecule has 1 heterocycles. The maximum absolute atomic E-state index is 13.6. The van der Waals surface area contributed by atoms with E-state index in [0.717, 1.165) is 24.3 Å². The lowest BCUT2D eigenvalue weighted by molar-refractivity contribution is -0.119. The fourth-order valence-electron chi connectivity index (χ4n) is 2.76. The van der Waals surface area contributed by atoms with Crippen LogP contribution < -0.4 is 5.32 Å². The SMILES string of the molecule is O=C(COC(=O)c1ccc(Br)c(S(=O)(=O)N2CCOCC2)c1)Nc1c(F)cccc1F. The van der Waals surface area contributed by atoms with Crippen LogP contribution in [0.1, 0.15) is 10.4 Å². The summed E-state index contributed by atoms with van der Waals surface area (Å²) in [6.45, 7) is 0.0489. The molecule has 1 aliphatic heterocycles. The molecule has 0 aliphatic carbocycles. The number of carbonyl (C=O) groups excluding carboxylic acids is 2. The van der Waals surface area contributed by atoms with Gasteiger partial charge in [-0.2, -0.15) is 4.31 Å². The second-order valence-electron chi connectivity index (χ2n) is 6.38. The Morgan fingerprint density at radius 1 is 1.13 bits per heavy atom. The van der Waals surface area contributed by atoms with Crippen LogP contribution in [0.5, 0.6) is 0 Å². The largest absolute Gasteiger partial charge is 0.452 e. The van der Waals surface area contributed by atoms with E-state index >= 15 is 0 Å². The first-order valence-corrected chi connectivity index (χ1v) is 11.2. The molecule has 0 bridgehead atoms. The van der Waals surface area contributed by atoms with Crippen molar-refractivity contribution < 1.29 is 36.3 Å². The number of amides is 1. The van der Waals surface area contributed by atoms with Gasteiger partial charge in [0.15, 0.2) is 6.61 Å². The first-order chi connectivity index (χ1) is 14.7. The molecular weight excluding hydrogens is 502 g/mol. The first-order valence-electron chi connectivity index (χ1n) is 8.98. The van der Waals surface area contributed by atoms with Crippen molar-refractivity contribution in [2.24, 2.45) is 0 Å². The number of para-hydroxylation sites is 1. The number of hydrogen-bond donors (Lipinski definition) is 1. The van der Waals surface area contributed by atoms with Crippen LogP contribution in [0.25, 0.3) is 0 Å². The lowest BCUT2D eigenvalue weighted by Gasteiger charge is -2.26. The predicted molar refractivity (Wildman–Crippen MR) is 109 cm³/mol. The van der Waals surface area contributed by atoms with Gasteiger partial charge in [0.25, 0.3) is 5.91 Å². The molecule has 0 saturated carbocycles. The minimum absolute atomic E-state index is 0.111. The molecule has 1 aliphatic rings. The molecule has 0 unspecified atom stereocenters. The molecular formula is C19H17BrF2N2O6S. The summed E-state index contributed by atoms with van der Waals surface area (Å²) < 4.78 is 64.4.